The van der Waals surface area contributed by atoms with Gasteiger partial charge in [-0.05, 0) is 18.9 Å². The van der Waals surface area contributed by atoms with Crippen molar-refractivity contribution in [3.63, 3.8) is 0 Å². The molecule has 2 atom stereocenters. The second-order valence-electron chi connectivity index (χ2n) is 4.74. The molecular weight excluding hydrogens is 259 g/mol. The molecule has 2 aliphatic heterocycles. The van der Waals surface area contributed by atoms with Crippen LogP contribution in [0.1, 0.15) is 18.4 Å². The van der Waals surface area contributed by atoms with E-state index in [0.29, 0.717) is 22.5 Å². The number of hydrogen-bond acceptors (Lipinski definition) is 3. The van der Waals surface area contributed by atoms with Gasteiger partial charge in [0.05, 0.1) is 12.2 Å². The zero-order chi connectivity index (χ0) is 11.8. The Bertz CT molecular complexity index is 415. The molecule has 0 radical (unpaired) electrons. The average Bonchev–Trinajstić information content (AvgIpc) is 2.62. The molecule has 2 unspecified atom stereocenters. The van der Waals surface area contributed by atoms with Gasteiger partial charge in [-0.25, -0.2) is 4.98 Å². The Hall–Kier alpha value is -0.350. The van der Waals surface area contributed by atoms with Gasteiger partial charge < -0.3 is 4.74 Å². The zero-order valence-electron chi connectivity index (χ0n) is 9.40. The fraction of sp³-hybridized carbons (Fsp3) is 0.583. The van der Waals surface area contributed by atoms with Crippen LogP contribution in [0.4, 0.5) is 0 Å². The number of nitrogens with zero attached hydrogens (tertiary/aromatic N) is 2. The van der Waals surface area contributed by atoms with Gasteiger partial charge >= 0.3 is 0 Å². The van der Waals surface area contributed by atoms with Crippen molar-refractivity contribution in [2.24, 2.45) is 0 Å². The van der Waals surface area contributed by atoms with E-state index in [1.54, 1.807) is 6.07 Å². The molecular formula is C12H14Cl2N2O. The van der Waals surface area contributed by atoms with Gasteiger partial charge in [-0.1, -0.05) is 29.3 Å². The molecule has 0 saturated carbocycles. The van der Waals surface area contributed by atoms with Crippen LogP contribution >= 0.6 is 23.2 Å². The smallest absolute Gasteiger partial charge is 0.135 e. The first-order valence-electron chi connectivity index (χ1n) is 5.89. The van der Waals surface area contributed by atoms with Gasteiger partial charge in [0.15, 0.2) is 0 Å². The zero-order valence-corrected chi connectivity index (χ0v) is 10.9. The predicted octanol–water partition coefficient (Wildman–Crippen LogP) is 2.75. The third kappa shape index (κ3) is 2.58. The number of likely N-dealkylation sites (tertiary alicyclic amines) is 1. The number of morpholine rings is 1. The van der Waals surface area contributed by atoms with E-state index in [9.17, 15) is 0 Å². The molecule has 1 aromatic heterocycles. The molecule has 17 heavy (non-hydrogen) atoms. The molecule has 2 aliphatic rings. The fourth-order valence-electron chi connectivity index (χ4n) is 2.63. The van der Waals surface area contributed by atoms with Crippen molar-refractivity contribution in [1.29, 1.82) is 0 Å². The van der Waals surface area contributed by atoms with E-state index in [2.05, 4.69) is 9.88 Å². The molecule has 2 fully saturated rings. The van der Waals surface area contributed by atoms with Crippen molar-refractivity contribution < 1.29 is 4.74 Å². The van der Waals surface area contributed by atoms with Crippen molar-refractivity contribution in [1.82, 2.24) is 9.88 Å². The highest BCUT2D eigenvalue weighted by atomic mass is 35.5. The van der Waals surface area contributed by atoms with Crippen LogP contribution in [0.5, 0.6) is 0 Å². The summed E-state index contributed by atoms with van der Waals surface area (Å²) in [6.45, 7) is 2.82. The summed E-state index contributed by atoms with van der Waals surface area (Å²) in [5.41, 5.74) is 1.04. The summed E-state index contributed by atoms with van der Waals surface area (Å²) >= 11 is 11.9. The molecule has 0 aromatic carbocycles. The first kappa shape index (κ1) is 11.7. The Balaban J connectivity index is 1.70. The van der Waals surface area contributed by atoms with E-state index < -0.39 is 0 Å². The van der Waals surface area contributed by atoms with Crippen molar-refractivity contribution in [2.45, 2.75) is 31.6 Å². The first-order chi connectivity index (χ1) is 8.20. The summed E-state index contributed by atoms with van der Waals surface area (Å²) in [6, 6.07) is 3.74. The van der Waals surface area contributed by atoms with Crippen LogP contribution in [0.15, 0.2) is 12.1 Å². The van der Waals surface area contributed by atoms with Crippen molar-refractivity contribution in [3.05, 3.63) is 28.0 Å². The fourth-order valence-corrected chi connectivity index (χ4v) is 3.03. The largest absolute Gasteiger partial charge is 0.372 e. The molecule has 3 nitrogen and oxygen atoms in total. The summed E-state index contributed by atoms with van der Waals surface area (Å²) in [7, 11) is 0. The van der Waals surface area contributed by atoms with Gasteiger partial charge in [-0.2, -0.15) is 0 Å². The summed E-state index contributed by atoms with van der Waals surface area (Å²) in [5.74, 6) is 0. The maximum atomic E-state index is 6.08. The standard InChI is InChI=1S/C12H14Cl2N2O/c13-11-4-1-8(12(14)15-11)5-16-6-9-2-3-10(7-16)17-9/h1,4,9-10H,2-3,5-7H2. The number of aromatic nitrogens is 1. The minimum Gasteiger partial charge on any atom is -0.372 e. The summed E-state index contributed by atoms with van der Waals surface area (Å²) < 4.78 is 5.80. The second kappa shape index (κ2) is 4.73. The lowest BCUT2D eigenvalue weighted by Crippen LogP contribution is -2.42. The average molecular weight is 273 g/mol. The van der Waals surface area contributed by atoms with Crippen LogP contribution < -0.4 is 0 Å². The molecule has 2 bridgehead atoms. The summed E-state index contributed by atoms with van der Waals surface area (Å²) in [4.78, 5) is 6.46. The number of pyridine rings is 1. The topological polar surface area (TPSA) is 25.4 Å². The molecule has 0 aliphatic carbocycles. The quantitative estimate of drug-likeness (QED) is 0.775. The van der Waals surface area contributed by atoms with Gasteiger partial charge in [-0.3, -0.25) is 4.90 Å². The summed E-state index contributed by atoms with van der Waals surface area (Å²) in [5, 5.41) is 0.956. The van der Waals surface area contributed by atoms with Crippen molar-refractivity contribution in [3.8, 4) is 0 Å². The van der Waals surface area contributed by atoms with Crippen LogP contribution in [0.3, 0.4) is 0 Å². The molecule has 0 amide bonds. The Kier molecular flexibility index (Phi) is 3.26. The molecule has 3 rings (SSSR count). The van der Waals surface area contributed by atoms with Gasteiger partial charge in [0.25, 0.3) is 0 Å². The lowest BCUT2D eigenvalue weighted by molar-refractivity contribution is -0.0410. The molecule has 92 valence electrons. The van der Waals surface area contributed by atoms with Crippen molar-refractivity contribution in [2.75, 3.05) is 13.1 Å². The number of halogens is 2. The van der Waals surface area contributed by atoms with Gasteiger partial charge in [0.1, 0.15) is 10.3 Å². The van der Waals surface area contributed by atoms with E-state index in [1.165, 1.54) is 12.8 Å². The lowest BCUT2D eigenvalue weighted by atomic mass is 10.2. The molecule has 3 heterocycles. The van der Waals surface area contributed by atoms with Crippen LogP contribution in [0.2, 0.25) is 10.3 Å². The van der Waals surface area contributed by atoms with E-state index in [0.717, 1.165) is 25.2 Å². The molecule has 2 saturated heterocycles. The summed E-state index contributed by atoms with van der Waals surface area (Å²) in [6.07, 6.45) is 3.20. The van der Waals surface area contributed by atoms with E-state index in [-0.39, 0.29) is 0 Å². The highest BCUT2D eigenvalue weighted by molar-refractivity contribution is 6.32. The third-order valence-corrected chi connectivity index (χ3v) is 3.94. The highest BCUT2D eigenvalue weighted by Crippen LogP contribution is 2.28. The van der Waals surface area contributed by atoms with Crippen molar-refractivity contribution >= 4 is 23.2 Å². The maximum Gasteiger partial charge on any atom is 0.135 e. The molecule has 0 spiro atoms. The van der Waals surface area contributed by atoms with Gasteiger partial charge in [-0.15, -0.1) is 0 Å². The first-order valence-corrected chi connectivity index (χ1v) is 6.65. The van der Waals surface area contributed by atoms with E-state index in [1.807, 2.05) is 6.07 Å². The Labute approximate surface area is 111 Å². The Morgan fingerprint density at radius 3 is 2.59 bits per heavy atom. The van der Waals surface area contributed by atoms with Crippen LogP contribution in [-0.4, -0.2) is 35.2 Å². The predicted molar refractivity (Wildman–Crippen MR) is 67.4 cm³/mol. The number of rotatable bonds is 2. The molecule has 0 N–H and O–H groups in total. The number of fused-ring (bicyclic) bond motifs is 2. The maximum absolute atomic E-state index is 6.08. The van der Waals surface area contributed by atoms with E-state index in [4.69, 9.17) is 27.9 Å². The molecule has 5 heteroatoms. The molecule has 1 aromatic rings. The lowest BCUT2D eigenvalue weighted by Gasteiger charge is -2.32. The SMILES string of the molecule is Clc1ccc(CN2CC3CCC(C2)O3)c(Cl)n1. The minimum atomic E-state index is 0.410. The van der Waals surface area contributed by atoms with E-state index >= 15 is 0 Å². The van der Waals surface area contributed by atoms with Gasteiger partial charge in [0.2, 0.25) is 0 Å². The highest BCUT2D eigenvalue weighted by Gasteiger charge is 2.33. The Morgan fingerprint density at radius 1 is 1.24 bits per heavy atom. The minimum absolute atomic E-state index is 0.410. The Morgan fingerprint density at radius 2 is 1.94 bits per heavy atom. The monoisotopic (exact) mass is 272 g/mol. The second-order valence-corrected chi connectivity index (χ2v) is 5.48. The van der Waals surface area contributed by atoms with Crippen LogP contribution in [0.25, 0.3) is 0 Å². The van der Waals surface area contributed by atoms with Crippen LogP contribution in [0, 0.1) is 0 Å². The van der Waals surface area contributed by atoms with Gasteiger partial charge in [0, 0.05) is 25.2 Å². The third-order valence-electron chi connectivity index (χ3n) is 3.41. The number of ether oxygens (including phenoxy) is 1. The number of hydrogen-bond donors (Lipinski definition) is 0. The van der Waals surface area contributed by atoms with Crippen LogP contribution in [-0.2, 0) is 11.3 Å². The normalized spacial score (nSPS) is 28.6.